The van der Waals surface area contributed by atoms with Gasteiger partial charge in [0.05, 0.1) is 12.2 Å². The molecule has 1 aromatic heterocycles. The van der Waals surface area contributed by atoms with E-state index in [1.807, 2.05) is 0 Å². The fourth-order valence-corrected chi connectivity index (χ4v) is 4.37. The first-order chi connectivity index (χ1) is 12.7. The molecule has 1 heterocycles. The number of amides is 1. The summed E-state index contributed by atoms with van der Waals surface area (Å²) >= 11 is 1.41. The lowest BCUT2D eigenvalue weighted by molar-refractivity contribution is -0.148. The number of hydrogen-bond donors (Lipinski definition) is 1. The number of anilines is 1. The smallest absolute Gasteiger partial charge is 0.341 e. The van der Waals surface area contributed by atoms with Crippen molar-refractivity contribution >= 4 is 34.2 Å². The van der Waals surface area contributed by atoms with Crippen LogP contribution in [0.25, 0.3) is 0 Å². The van der Waals surface area contributed by atoms with Gasteiger partial charge in [0.15, 0.2) is 6.10 Å². The average Bonchev–Trinajstić information content (AvgIpc) is 2.90. The normalized spacial score (nSPS) is 16.7. The molecule has 0 spiro atoms. The van der Waals surface area contributed by atoms with E-state index >= 15 is 0 Å². The lowest BCUT2D eigenvalue weighted by Crippen LogP contribution is -2.29. The molecule has 1 aromatic rings. The van der Waals surface area contributed by atoms with Crippen molar-refractivity contribution in [2.24, 2.45) is 5.92 Å². The molecule has 1 aliphatic rings. The Morgan fingerprint density at radius 2 is 2.04 bits per heavy atom. The highest BCUT2D eigenvalue weighted by Crippen LogP contribution is 2.40. The third-order valence-corrected chi connectivity index (χ3v) is 5.47. The van der Waals surface area contributed by atoms with Gasteiger partial charge in [-0.15, -0.1) is 11.3 Å². The molecule has 0 aromatic carbocycles. The Hall–Kier alpha value is -2.15. The molecule has 6 nitrogen and oxygen atoms in total. The van der Waals surface area contributed by atoms with Gasteiger partial charge >= 0.3 is 11.9 Å². The van der Waals surface area contributed by atoms with Crippen LogP contribution in [0.2, 0.25) is 0 Å². The van der Waals surface area contributed by atoms with E-state index in [2.05, 4.69) is 12.2 Å². The van der Waals surface area contributed by atoms with Crippen LogP contribution < -0.4 is 5.32 Å². The Labute approximate surface area is 163 Å². The summed E-state index contributed by atoms with van der Waals surface area (Å²) in [5, 5.41) is 3.24. The van der Waals surface area contributed by atoms with Crippen LogP contribution in [0.3, 0.4) is 0 Å². The highest BCUT2D eigenvalue weighted by molar-refractivity contribution is 7.17. The molecule has 7 heteroatoms. The molecule has 1 amide bonds. The predicted octanol–water partition coefficient (Wildman–Crippen LogP) is 3.89. The maximum Gasteiger partial charge on any atom is 0.341 e. The van der Waals surface area contributed by atoms with E-state index in [4.69, 9.17) is 9.47 Å². The summed E-state index contributed by atoms with van der Waals surface area (Å²) in [4.78, 5) is 37.8. The maximum absolute atomic E-state index is 12.5. The van der Waals surface area contributed by atoms with Crippen molar-refractivity contribution in [3.8, 4) is 0 Å². The summed E-state index contributed by atoms with van der Waals surface area (Å²) in [7, 11) is 0. The first-order valence-corrected chi connectivity index (χ1v) is 10.0. The van der Waals surface area contributed by atoms with Gasteiger partial charge in [0.1, 0.15) is 5.00 Å². The number of nitrogens with one attached hydrogen (secondary N) is 1. The van der Waals surface area contributed by atoms with Gasteiger partial charge in [-0.2, -0.15) is 0 Å². The van der Waals surface area contributed by atoms with Gasteiger partial charge in [0.25, 0.3) is 5.91 Å². The first-order valence-electron chi connectivity index (χ1n) is 9.20. The molecule has 148 valence electrons. The molecule has 2 atom stereocenters. The van der Waals surface area contributed by atoms with Gasteiger partial charge < -0.3 is 14.8 Å². The fourth-order valence-electron chi connectivity index (χ4n) is 2.97. The zero-order valence-electron chi connectivity index (χ0n) is 16.5. The Balaban J connectivity index is 2.22. The van der Waals surface area contributed by atoms with Gasteiger partial charge in [-0.3, -0.25) is 4.79 Å². The van der Waals surface area contributed by atoms with Gasteiger partial charge in [-0.1, -0.05) is 12.5 Å². The van der Waals surface area contributed by atoms with E-state index < -0.39 is 23.9 Å². The molecule has 1 N–H and O–H groups in total. The van der Waals surface area contributed by atoms with E-state index in [1.165, 1.54) is 24.3 Å². The third-order valence-electron chi connectivity index (χ3n) is 4.30. The van der Waals surface area contributed by atoms with Crippen LogP contribution >= 0.6 is 11.3 Å². The van der Waals surface area contributed by atoms with Crippen molar-refractivity contribution in [2.75, 3.05) is 11.9 Å². The number of carbonyl (C=O) groups is 3. The SMILES string of the molecule is CCOC(=O)c1c(NC(=O)C(C)OC(=O)C=C(C)C)sc2c1CCC(C)C2. The van der Waals surface area contributed by atoms with E-state index in [0.29, 0.717) is 16.5 Å². The van der Waals surface area contributed by atoms with E-state index in [-0.39, 0.29) is 6.61 Å². The van der Waals surface area contributed by atoms with Gasteiger partial charge in [0, 0.05) is 11.0 Å². The number of esters is 2. The quantitative estimate of drug-likeness (QED) is 0.586. The Kier molecular flexibility index (Phi) is 7.18. The molecule has 0 fully saturated rings. The van der Waals surface area contributed by atoms with Crippen molar-refractivity contribution in [1.29, 1.82) is 0 Å². The maximum atomic E-state index is 12.5. The van der Waals surface area contributed by atoms with Crippen LogP contribution in [0.15, 0.2) is 11.6 Å². The fraction of sp³-hybridized carbons (Fsp3) is 0.550. The van der Waals surface area contributed by atoms with Crippen LogP contribution in [-0.2, 0) is 31.9 Å². The Morgan fingerprint density at radius 3 is 2.67 bits per heavy atom. The Morgan fingerprint density at radius 1 is 1.33 bits per heavy atom. The van der Waals surface area contributed by atoms with Crippen LogP contribution in [0, 0.1) is 5.92 Å². The minimum Gasteiger partial charge on any atom is -0.462 e. The monoisotopic (exact) mass is 393 g/mol. The summed E-state index contributed by atoms with van der Waals surface area (Å²) in [5.74, 6) is -0.919. The largest absolute Gasteiger partial charge is 0.462 e. The second kappa shape index (κ2) is 9.17. The van der Waals surface area contributed by atoms with Crippen molar-refractivity contribution in [2.45, 2.75) is 60.0 Å². The van der Waals surface area contributed by atoms with Crippen molar-refractivity contribution in [1.82, 2.24) is 0 Å². The number of allylic oxidation sites excluding steroid dienone is 1. The highest BCUT2D eigenvalue weighted by Gasteiger charge is 2.30. The lowest BCUT2D eigenvalue weighted by atomic mass is 9.88. The molecule has 1 aliphatic carbocycles. The minimum absolute atomic E-state index is 0.268. The zero-order chi connectivity index (χ0) is 20.1. The van der Waals surface area contributed by atoms with Gasteiger partial charge in [0.2, 0.25) is 0 Å². The molecule has 27 heavy (non-hydrogen) atoms. The minimum atomic E-state index is -0.971. The third kappa shape index (κ3) is 5.42. The molecule has 2 unspecified atom stereocenters. The predicted molar refractivity (Wildman–Crippen MR) is 105 cm³/mol. The first kappa shape index (κ1) is 21.2. The number of fused-ring (bicyclic) bond motifs is 1. The molecule has 0 radical (unpaired) electrons. The van der Waals surface area contributed by atoms with Crippen LogP contribution in [-0.4, -0.2) is 30.6 Å². The summed E-state index contributed by atoms with van der Waals surface area (Å²) in [6.45, 7) is 9.25. The summed E-state index contributed by atoms with van der Waals surface area (Å²) in [6, 6.07) is 0. The van der Waals surface area contributed by atoms with Crippen molar-refractivity contribution in [3.63, 3.8) is 0 Å². The second-order valence-electron chi connectivity index (χ2n) is 7.07. The standard InChI is InChI=1S/C20H27NO5S/c1-6-25-20(24)17-14-8-7-12(4)10-15(14)27-19(17)21-18(23)13(5)26-16(22)9-11(2)3/h9,12-13H,6-8,10H2,1-5H3,(H,21,23). The summed E-state index contributed by atoms with van der Waals surface area (Å²) in [6.07, 6.45) is 3.04. The topological polar surface area (TPSA) is 81.7 Å². The molecule has 0 bridgehead atoms. The molecule has 0 aliphatic heterocycles. The van der Waals surface area contributed by atoms with Crippen LogP contribution in [0.5, 0.6) is 0 Å². The van der Waals surface area contributed by atoms with E-state index in [9.17, 15) is 14.4 Å². The van der Waals surface area contributed by atoms with Gasteiger partial charge in [-0.05, 0) is 58.4 Å². The van der Waals surface area contributed by atoms with Crippen molar-refractivity contribution < 1.29 is 23.9 Å². The average molecular weight is 394 g/mol. The van der Waals surface area contributed by atoms with E-state index in [1.54, 1.807) is 20.8 Å². The molecule has 0 saturated heterocycles. The molecular weight excluding hydrogens is 366 g/mol. The number of ether oxygens (including phenoxy) is 2. The highest BCUT2D eigenvalue weighted by atomic mass is 32.1. The summed E-state index contributed by atoms with van der Waals surface area (Å²) < 4.78 is 10.3. The van der Waals surface area contributed by atoms with Gasteiger partial charge in [-0.25, -0.2) is 9.59 Å². The molecular formula is C20H27NO5S. The number of thiophene rings is 1. The Bertz CT molecular complexity index is 761. The van der Waals surface area contributed by atoms with Crippen molar-refractivity contribution in [3.05, 3.63) is 27.7 Å². The lowest BCUT2D eigenvalue weighted by Gasteiger charge is -2.18. The molecule has 0 saturated carbocycles. The zero-order valence-corrected chi connectivity index (χ0v) is 17.3. The number of carbonyl (C=O) groups excluding carboxylic acids is 3. The number of rotatable bonds is 6. The van der Waals surface area contributed by atoms with Crippen LogP contribution in [0.1, 0.15) is 61.8 Å². The number of hydrogen-bond acceptors (Lipinski definition) is 6. The van der Waals surface area contributed by atoms with Crippen LogP contribution in [0.4, 0.5) is 5.00 Å². The second-order valence-corrected chi connectivity index (χ2v) is 8.17. The summed E-state index contributed by atoms with van der Waals surface area (Å²) in [5.41, 5.74) is 2.21. The molecule has 2 rings (SSSR count). The van der Waals surface area contributed by atoms with E-state index in [0.717, 1.165) is 35.3 Å².